The minimum absolute atomic E-state index is 0.00265. The Morgan fingerprint density at radius 2 is 1.72 bits per heavy atom. The normalized spacial score (nSPS) is 17.3. The summed E-state index contributed by atoms with van der Waals surface area (Å²) in [5.74, 6) is -0.429. The largest absolute Gasteiger partial charge is 0.394 e. The van der Waals surface area contributed by atoms with Crippen molar-refractivity contribution in [3.05, 3.63) is 29.6 Å². The molecule has 0 aliphatic heterocycles. The predicted molar refractivity (Wildman–Crippen MR) is 171 cm³/mol. The number of hydrogen-bond acceptors (Lipinski definition) is 4. The number of halogens is 6. The Kier molecular flexibility index (Phi) is 11.9. The number of fused-ring (bicyclic) bond motifs is 1. The number of nitrogens with one attached hydrogen (secondary N) is 2. The van der Waals surface area contributed by atoms with E-state index in [4.69, 9.17) is 9.72 Å². The van der Waals surface area contributed by atoms with Gasteiger partial charge in [-0.15, -0.1) is 0 Å². The van der Waals surface area contributed by atoms with Gasteiger partial charge in [-0.3, -0.25) is 4.79 Å². The van der Waals surface area contributed by atoms with Crippen molar-refractivity contribution in [1.82, 2.24) is 19.6 Å². The van der Waals surface area contributed by atoms with Gasteiger partial charge in [0.15, 0.2) is 0 Å². The first-order chi connectivity index (χ1) is 20.9. The summed E-state index contributed by atoms with van der Waals surface area (Å²) in [4.78, 5) is 17.2. The van der Waals surface area contributed by atoms with Crippen molar-refractivity contribution in [2.75, 3.05) is 6.61 Å². The molecular weight excluding hydrogens is 651 g/mol. The van der Waals surface area contributed by atoms with Crippen molar-refractivity contribution in [2.45, 2.75) is 128 Å². The van der Waals surface area contributed by atoms with Crippen LogP contribution in [0.4, 0.5) is 26.3 Å². The lowest BCUT2D eigenvalue weighted by Gasteiger charge is -2.33. The van der Waals surface area contributed by atoms with Crippen molar-refractivity contribution in [1.29, 1.82) is 0 Å². The molecule has 0 spiro atoms. The summed E-state index contributed by atoms with van der Waals surface area (Å²) in [7, 11) is -3.18. The number of hydrogen-bond donors (Lipinski definition) is 2. The molecule has 3 rings (SSSR count). The maximum absolute atomic E-state index is 14.1. The Hall–Kier alpha value is -1.97. The number of carbonyl (C=O) groups excluding carboxylic acids is 1. The van der Waals surface area contributed by atoms with Crippen LogP contribution in [0.5, 0.6) is 0 Å². The smallest absolute Gasteiger partial charge is 0.361 e. The van der Waals surface area contributed by atoms with Crippen molar-refractivity contribution < 1.29 is 40.1 Å². The lowest BCUT2D eigenvalue weighted by Crippen LogP contribution is -2.41. The number of ether oxygens (including phenoxy) is 1. The highest BCUT2D eigenvalue weighted by atomic mass is 32.2. The minimum Gasteiger partial charge on any atom is -0.361 e. The molecule has 262 valence electrons. The summed E-state index contributed by atoms with van der Waals surface area (Å²) < 4.78 is 104. The number of aromatic nitrogens is 2. The zero-order chi connectivity index (χ0) is 34.9. The van der Waals surface area contributed by atoms with E-state index in [1.165, 1.54) is 0 Å². The SMILES string of the molecule is CC(C)(C)[S@@](=O)N[C@@H](CC(C)(C)C(F)(F)F)c1nc2cc(C(NC(=O)CCC(F)(F)F)C3CC3)ccc2n1COCC[Si](C)(C)C. The number of alkyl halides is 6. The molecule has 3 atom stereocenters. The summed E-state index contributed by atoms with van der Waals surface area (Å²) in [5, 5.41) is 2.75. The van der Waals surface area contributed by atoms with Crippen molar-refractivity contribution in [2.24, 2.45) is 11.3 Å². The Balaban J connectivity index is 2.07. The fourth-order valence-corrected chi connectivity index (χ4v) is 6.37. The van der Waals surface area contributed by atoms with Crippen LogP contribution in [0.1, 0.15) is 90.2 Å². The van der Waals surface area contributed by atoms with E-state index in [1.807, 2.05) is 0 Å². The van der Waals surface area contributed by atoms with E-state index in [1.54, 1.807) is 43.5 Å². The standard InChI is InChI=1S/C31H48F6N4O3SSi/c1-28(2,3)45(43)40-23(18-29(4,5)31(35,36)37)27-38-22-17-21(11-12-24(22)41(27)19-44-15-16-46(6,7)8)26(20-9-10-20)39-25(42)13-14-30(32,33)34/h11-12,17,20,23,26,40H,9-10,13-16,18-19H2,1-8H3,(H,39,42)/t23-,26?,45+/m0/s1. The second-order valence-corrected chi connectivity index (χ2v) is 22.7. The summed E-state index contributed by atoms with van der Waals surface area (Å²) in [6.07, 6.45) is -9.77. The van der Waals surface area contributed by atoms with Crippen LogP contribution in [0.25, 0.3) is 11.0 Å². The molecule has 15 heteroatoms. The van der Waals surface area contributed by atoms with Crippen molar-refractivity contribution in [3.8, 4) is 0 Å². The number of imidazole rings is 1. The lowest BCUT2D eigenvalue weighted by atomic mass is 9.85. The quantitative estimate of drug-likeness (QED) is 0.111. The molecule has 7 nitrogen and oxygen atoms in total. The summed E-state index contributed by atoms with van der Waals surface area (Å²) >= 11 is 0. The molecule has 2 N–H and O–H groups in total. The zero-order valence-corrected chi connectivity index (χ0v) is 29.7. The summed E-state index contributed by atoms with van der Waals surface area (Å²) in [6.45, 7) is 14.4. The van der Waals surface area contributed by atoms with Crippen LogP contribution in [0.15, 0.2) is 18.2 Å². The molecule has 0 bridgehead atoms. The van der Waals surface area contributed by atoms with Gasteiger partial charge in [0, 0.05) is 21.1 Å². The van der Waals surface area contributed by atoms with Gasteiger partial charge in [0.1, 0.15) is 12.6 Å². The highest BCUT2D eigenvalue weighted by Crippen LogP contribution is 2.45. The van der Waals surface area contributed by atoms with Gasteiger partial charge in [-0.1, -0.05) is 39.6 Å². The molecule has 1 unspecified atom stereocenters. The Morgan fingerprint density at radius 3 is 2.24 bits per heavy atom. The van der Waals surface area contributed by atoms with Gasteiger partial charge in [0.2, 0.25) is 5.91 Å². The molecule has 1 amide bonds. The molecule has 2 aromatic rings. The van der Waals surface area contributed by atoms with Crippen molar-refractivity contribution >= 4 is 36.0 Å². The molecule has 1 saturated carbocycles. The van der Waals surface area contributed by atoms with Crippen LogP contribution in [-0.4, -0.2) is 51.4 Å². The highest BCUT2D eigenvalue weighted by Gasteiger charge is 2.49. The van der Waals surface area contributed by atoms with Crippen LogP contribution in [0.2, 0.25) is 25.7 Å². The molecule has 0 radical (unpaired) electrons. The van der Waals surface area contributed by atoms with Crippen LogP contribution in [0, 0.1) is 11.3 Å². The number of nitrogens with zero attached hydrogens (tertiary/aromatic N) is 2. The first-order valence-corrected chi connectivity index (χ1v) is 20.4. The van der Waals surface area contributed by atoms with Gasteiger partial charge in [-0.2, -0.15) is 26.3 Å². The van der Waals surface area contributed by atoms with E-state index in [2.05, 4.69) is 29.7 Å². The monoisotopic (exact) mass is 698 g/mol. The van der Waals surface area contributed by atoms with E-state index in [-0.39, 0.29) is 18.5 Å². The van der Waals surface area contributed by atoms with Gasteiger partial charge in [0.05, 0.1) is 50.7 Å². The van der Waals surface area contributed by atoms with Gasteiger partial charge in [-0.05, 0) is 69.7 Å². The Morgan fingerprint density at radius 1 is 1.09 bits per heavy atom. The van der Waals surface area contributed by atoms with Gasteiger partial charge < -0.3 is 14.6 Å². The summed E-state index contributed by atoms with van der Waals surface area (Å²) in [6, 6.07) is 4.49. The number of amides is 1. The topological polar surface area (TPSA) is 85.3 Å². The van der Waals surface area contributed by atoms with Crippen LogP contribution < -0.4 is 10.0 Å². The molecule has 1 fully saturated rings. The van der Waals surface area contributed by atoms with E-state index < -0.39 is 78.8 Å². The second kappa shape index (κ2) is 14.3. The Bertz CT molecular complexity index is 1380. The number of benzene rings is 1. The Labute approximate surface area is 271 Å². The second-order valence-electron chi connectivity index (χ2n) is 15.1. The minimum atomic E-state index is -4.55. The van der Waals surface area contributed by atoms with Gasteiger partial charge in [0.25, 0.3) is 0 Å². The third-order valence-corrected chi connectivity index (χ3v) is 11.3. The van der Waals surface area contributed by atoms with Crippen molar-refractivity contribution in [3.63, 3.8) is 0 Å². The highest BCUT2D eigenvalue weighted by molar-refractivity contribution is 7.84. The van der Waals surface area contributed by atoms with Gasteiger partial charge in [-0.25, -0.2) is 13.9 Å². The first-order valence-electron chi connectivity index (χ1n) is 15.6. The zero-order valence-electron chi connectivity index (χ0n) is 27.9. The summed E-state index contributed by atoms with van der Waals surface area (Å²) in [5.41, 5.74) is -0.515. The molecule has 1 aliphatic carbocycles. The lowest BCUT2D eigenvalue weighted by molar-refractivity contribution is -0.215. The fraction of sp³-hybridized carbons (Fsp3) is 0.742. The predicted octanol–water partition coefficient (Wildman–Crippen LogP) is 8.33. The van der Waals surface area contributed by atoms with E-state index in [0.29, 0.717) is 23.2 Å². The fourth-order valence-electron chi connectivity index (χ4n) is 4.82. The third kappa shape index (κ3) is 11.0. The third-order valence-electron chi connectivity index (χ3n) is 8.02. The molecule has 0 saturated heterocycles. The number of rotatable bonds is 15. The maximum atomic E-state index is 14.1. The molecule has 1 heterocycles. The van der Waals surface area contributed by atoms with Crippen LogP contribution in [-0.2, 0) is 27.2 Å². The van der Waals surface area contributed by atoms with E-state index in [0.717, 1.165) is 32.7 Å². The molecular formula is C31H48F6N4O3SSi. The molecule has 1 aromatic heterocycles. The maximum Gasteiger partial charge on any atom is 0.394 e. The average molecular weight is 699 g/mol. The van der Waals surface area contributed by atoms with Crippen LogP contribution >= 0.6 is 0 Å². The van der Waals surface area contributed by atoms with E-state index in [9.17, 15) is 35.3 Å². The molecule has 1 aliphatic rings. The first kappa shape index (κ1) is 38.5. The molecule has 1 aromatic carbocycles. The van der Waals surface area contributed by atoms with Crippen LogP contribution in [0.3, 0.4) is 0 Å². The van der Waals surface area contributed by atoms with Gasteiger partial charge >= 0.3 is 12.4 Å². The van der Waals surface area contributed by atoms with E-state index >= 15 is 0 Å². The number of carbonyl (C=O) groups is 1. The average Bonchev–Trinajstić information content (AvgIpc) is 3.66. The molecule has 46 heavy (non-hydrogen) atoms.